The fourth-order valence-electron chi connectivity index (χ4n) is 2.70. The van der Waals surface area contributed by atoms with E-state index < -0.39 is 5.92 Å². The minimum Gasteiger partial charge on any atom is -0.326 e. The lowest BCUT2D eigenvalue weighted by atomic mass is 10.1. The van der Waals surface area contributed by atoms with Gasteiger partial charge in [-0.15, -0.1) is 0 Å². The molecule has 124 valence electrons. The maximum Gasteiger partial charge on any atom is 0.229 e. The molecule has 0 aromatic heterocycles. The number of carbonyl (C=O) groups excluding carboxylic acids is 2. The second-order valence-electron chi connectivity index (χ2n) is 5.81. The third-order valence-electron chi connectivity index (χ3n) is 4.08. The van der Waals surface area contributed by atoms with Crippen LogP contribution in [0.3, 0.4) is 0 Å². The van der Waals surface area contributed by atoms with E-state index in [0.717, 1.165) is 5.56 Å². The van der Waals surface area contributed by atoms with E-state index in [-0.39, 0.29) is 18.2 Å². The molecule has 1 fully saturated rings. The summed E-state index contributed by atoms with van der Waals surface area (Å²) in [6, 6.07) is 12.5. The molecule has 0 bridgehead atoms. The lowest BCUT2D eigenvalue weighted by molar-refractivity contribution is -0.122. The molecule has 2 aromatic carbocycles. The summed E-state index contributed by atoms with van der Waals surface area (Å²) >= 11 is 12.2. The molecule has 4 nitrogen and oxygen atoms in total. The number of hydrogen-bond donors (Lipinski definition) is 1. The summed E-state index contributed by atoms with van der Waals surface area (Å²) in [5, 5.41) is 3.91. The van der Waals surface area contributed by atoms with Gasteiger partial charge in [-0.1, -0.05) is 41.4 Å². The zero-order chi connectivity index (χ0) is 17.3. The van der Waals surface area contributed by atoms with Crippen molar-refractivity contribution in [1.29, 1.82) is 0 Å². The lowest BCUT2D eigenvalue weighted by Crippen LogP contribution is -2.28. The van der Waals surface area contributed by atoms with Crippen molar-refractivity contribution in [2.45, 2.75) is 13.3 Å². The van der Waals surface area contributed by atoms with Crippen LogP contribution >= 0.6 is 23.2 Å². The van der Waals surface area contributed by atoms with Gasteiger partial charge in [-0.2, -0.15) is 0 Å². The van der Waals surface area contributed by atoms with Gasteiger partial charge in [-0.25, -0.2) is 0 Å². The van der Waals surface area contributed by atoms with Crippen LogP contribution in [-0.4, -0.2) is 18.4 Å². The van der Waals surface area contributed by atoms with E-state index in [0.29, 0.717) is 28.0 Å². The van der Waals surface area contributed by atoms with E-state index in [2.05, 4.69) is 5.32 Å². The quantitative estimate of drug-likeness (QED) is 0.884. The van der Waals surface area contributed by atoms with Gasteiger partial charge in [0.25, 0.3) is 0 Å². The summed E-state index contributed by atoms with van der Waals surface area (Å²) in [4.78, 5) is 26.3. The van der Waals surface area contributed by atoms with Crippen LogP contribution in [0.15, 0.2) is 42.5 Å². The highest BCUT2D eigenvalue weighted by molar-refractivity contribution is 6.34. The van der Waals surface area contributed by atoms with Crippen molar-refractivity contribution in [2.24, 2.45) is 5.92 Å². The number of para-hydroxylation sites is 1. The van der Waals surface area contributed by atoms with Crippen LogP contribution in [0.1, 0.15) is 12.0 Å². The molecule has 1 saturated heterocycles. The van der Waals surface area contributed by atoms with Crippen molar-refractivity contribution in [2.75, 3.05) is 16.8 Å². The van der Waals surface area contributed by atoms with Crippen LogP contribution in [0.2, 0.25) is 10.0 Å². The van der Waals surface area contributed by atoms with E-state index in [1.807, 2.05) is 19.1 Å². The Morgan fingerprint density at radius 1 is 1.17 bits per heavy atom. The maximum absolute atomic E-state index is 12.5. The van der Waals surface area contributed by atoms with E-state index in [4.69, 9.17) is 23.2 Å². The van der Waals surface area contributed by atoms with Crippen molar-refractivity contribution < 1.29 is 9.59 Å². The topological polar surface area (TPSA) is 49.4 Å². The second-order valence-corrected chi connectivity index (χ2v) is 6.62. The van der Waals surface area contributed by atoms with Crippen molar-refractivity contribution >= 4 is 46.4 Å². The fourth-order valence-corrected chi connectivity index (χ4v) is 3.12. The van der Waals surface area contributed by atoms with Crippen molar-refractivity contribution in [3.63, 3.8) is 0 Å². The molecule has 0 radical (unpaired) electrons. The van der Waals surface area contributed by atoms with Crippen LogP contribution < -0.4 is 10.2 Å². The molecule has 1 heterocycles. The van der Waals surface area contributed by atoms with E-state index in [1.165, 1.54) is 0 Å². The number of anilines is 2. The standard InChI is InChI=1S/C18H16Cl2N2O2/c1-11-6-7-13(9-15(11)20)21-18(24)12-8-17(23)22(10-12)16-5-3-2-4-14(16)19/h2-7,9,12H,8,10H2,1H3,(H,21,24). The smallest absolute Gasteiger partial charge is 0.229 e. The highest BCUT2D eigenvalue weighted by Crippen LogP contribution is 2.31. The molecule has 0 saturated carbocycles. The molecule has 0 aliphatic carbocycles. The number of benzene rings is 2. The summed E-state index contributed by atoms with van der Waals surface area (Å²) in [5.41, 5.74) is 2.20. The molecule has 0 spiro atoms. The zero-order valence-corrected chi connectivity index (χ0v) is 14.6. The largest absolute Gasteiger partial charge is 0.326 e. The van der Waals surface area contributed by atoms with E-state index in [9.17, 15) is 9.59 Å². The normalized spacial score (nSPS) is 17.2. The van der Waals surface area contributed by atoms with Crippen LogP contribution in [0, 0.1) is 12.8 Å². The Morgan fingerprint density at radius 3 is 2.62 bits per heavy atom. The Kier molecular flexibility index (Phi) is 4.78. The van der Waals surface area contributed by atoms with Crippen LogP contribution in [-0.2, 0) is 9.59 Å². The third-order valence-corrected chi connectivity index (χ3v) is 4.81. The first-order valence-corrected chi connectivity index (χ1v) is 8.33. The predicted octanol–water partition coefficient (Wildman–Crippen LogP) is 4.29. The van der Waals surface area contributed by atoms with Crippen molar-refractivity contribution in [3.05, 3.63) is 58.1 Å². The lowest BCUT2D eigenvalue weighted by Gasteiger charge is -2.18. The molecular weight excluding hydrogens is 347 g/mol. The number of halogens is 2. The Morgan fingerprint density at radius 2 is 1.92 bits per heavy atom. The minimum absolute atomic E-state index is 0.106. The Balaban J connectivity index is 1.72. The number of nitrogens with zero attached hydrogens (tertiary/aromatic N) is 1. The van der Waals surface area contributed by atoms with Crippen molar-refractivity contribution in [3.8, 4) is 0 Å². The van der Waals surface area contributed by atoms with Gasteiger partial charge < -0.3 is 10.2 Å². The van der Waals surface area contributed by atoms with E-state index in [1.54, 1.807) is 35.2 Å². The first kappa shape index (κ1) is 16.8. The number of nitrogens with one attached hydrogen (secondary N) is 1. The van der Waals surface area contributed by atoms with Gasteiger partial charge in [-0.3, -0.25) is 9.59 Å². The van der Waals surface area contributed by atoms with Crippen LogP contribution in [0.4, 0.5) is 11.4 Å². The van der Waals surface area contributed by atoms with E-state index >= 15 is 0 Å². The summed E-state index contributed by atoms with van der Waals surface area (Å²) in [5.74, 6) is -0.725. The maximum atomic E-state index is 12.5. The summed E-state index contributed by atoms with van der Waals surface area (Å²) in [6.07, 6.45) is 0.163. The number of carbonyl (C=O) groups is 2. The van der Waals surface area contributed by atoms with Gasteiger partial charge in [0.15, 0.2) is 0 Å². The minimum atomic E-state index is -0.422. The Bertz CT molecular complexity index is 807. The first-order chi connectivity index (χ1) is 11.5. The molecule has 1 atom stereocenters. The van der Waals surface area contributed by atoms with Gasteiger partial charge >= 0.3 is 0 Å². The second kappa shape index (κ2) is 6.83. The molecule has 3 rings (SSSR count). The summed E-state index contributed by atoms with van der Waals surface area (Å²) in [6.45, 7) is 2.21. The van der Waals surface area contributed by atoms with Gasteiger partial charge in [0.05, 0.1) is 16.6 Å². The Labute approximate surface area is 150 Å². The molecule has 1 aliphatic heterocycles. The highest BCUT2D eigenvalue weighted by Gasteiger charge is 2.35. The third kappa shape index (κ3) is 3.40. The fraction of sp³-hybridized carbons (Fsp3) is 0.222. The monoisotopic (exact) mass is 362 g/mol. The molecular formula is C18H16Cl2N2O2. The molecule has 24 heavy (non-hydrogen) atoms. The van der Waals surface area contributed by atoms with Gasteiger partial charge in [0.1, 0.15) is 0 Å². The summed E-state index contributed by atoms with van der Waals surface area (Å²) < 4.78 is 0. The molecule has 1 unspecified atom stereocenters. The molecule has 1 aliphatic rings. The highest BCUT2D eigenvalue weighted by atomic mass is 35.5. The predicted molar refractivity (Wildman–Crippen MR) is 96.7 cm³/mol. The molecule has 1 N–H and O–H groups in total. The van der Waals surface area contributed by atoms with Crippen molar-refractivity contribution in [1.82, 2.24) is 0 Å². The number of aryl methyl sites for hydroxylation is 1. The van der Waals surface area contributed by atoms with Crippen LogP contribution in [0.5, 0.6) is 0 Å². The average molecular weight is 363 g/mol. The number of amides is 2. The molecule has 6 heteroatoms. The summed E-state index contributed by atoms with van der Waals surface area (Å²) in [7, 11) is 0. The number of hydrogen-bond acceptors (Lipinski definition) is 2. The first-order valence-electron chi connectivity index (χ1n) is 7.57. The van der Waals surface area contributed by atoms with Gasteiger partial charge in [-0.05, 0) is 36.8 Å². The van der Waals surface area contributed by atoms with Gasteiger partial charge in [0, 0.05) is 23.7 Å². The molecule has 2 amide bonds. The van der Waals surface area contributed by atoms with Gasteiger partial charge in [0.2, 0.25) is 11.8 Å². The Hall–Kier alpha value is -2.04. The number of rotatable bonds is 3. The average Bonchev–Trinajstić information content (AvgIpc) is 2.93. The zero-order valence-electron chi connectivity index (χ0n) is 13.1. The SMILES string of the molecule is Cc1ccc(NC(=O)C2CC(=O)N(c3ccccc3Cl)C2)cc1Cl. The van der Waals surface area contributed by atoms with Crippen LogP contribution in [0.25, 0.3) is 0 Å². The molecule has 2 aromatic rings.